The molecule has 17 heavy (non-hydrogen) atoms. The Labute approximate surface area is 96.9 Å². The number of hydrogen-bond donors (Lipinski definition) is 4. The lowest BCUT2D eigenvalue weighted by Crippen LogP contribution is -2.36. The highest BCUT2D eigenvalue weighted by Gasteiger charge is 2.20. The summed E-state index contributed by atoms with van der Waals surface area (Å²) in [6.45, 7) is 0.892. The Morgan fingerprint density at radius 1 is 1.59 bits per heavy atom. The molecule has 3 atom stereocenters. The molecule has 1 unspecified atom stereocenters. The monoisotopic (exact) mass is 245 g/mol. The van der Waals surface area contributed by atoms with Gasteiger partial charge in [-0.15, -0.1) is 0 Å². The van der Waals surface area contributed by atoms with E-state index in [1.165, 1.54) is 19.2 Å². The molecule has 0 fully saturated rings. The fourth-order valence-corrected chi connectivity index (χ4v) is 1.13. The highest BCUT2D eigenvalue weighted by Crippen LogP contribution is 2.08. The number of hydrogen-bond acceptors (Lipinski definition) is 7. The lowest BCUT2D eigenvalue weighted by molar-refractivity contribution is -0.213. The normalized spacial score (nSPS) is 16.5. The fraction of sp³-hybridized carbons (Fsp3) is 0.556. The molecule has 8 heteroatoms. The van der Waals surface area contributed by atoms with Gasteiger partial charge >= 0.3 is 5.69 Å². The molecular weight excluding hydrogens is 230 g/mol. The van der Waals surface area contributed by atoms with Crippen LogP contribution in [-0.4, -0.2) is 43.7 Å². The molecule has 5 N–H and O–H groups in total. The fourth-order valence-electron chi connectivity index (χ4n) is 1.13. The van der Waals surface area contributed by atoms with Gasteiger partial charge in [0.25, 0.3) is 0 Å². The minimum atomic E-state index is -1.65. The van der Waals surface area contributed by atoms with Crippen LogP contribution < -0.4 is 11.4 Å². The van der Waals surface area contributed by atoms with E-state index < -0.39 is 30.9 Å². The molecule has 0 aromatic carbocycles. The van der Waals surface area contributed by atoms with Crippen LogP contribution in [0.15, 0.2) is 17.1 Å². The Morgan fingerprint density at radius 2 is 2.24 bits per heavy atom. The summed E-state index contributed by atoms with van der Waals surface area (Å²) in [5.41, 5.74) is 4.48. The number of nitrogens with two attached hydrogens (primary N) is 1. The second-order valence-electron chi connectivity index (χ2n) is 3.47. The summed E-state index contributed by atoms with van der Waals surface area (Å²) in [6.07, 6.45) is -2.45. The van der Waals surface area contributed by atoms with Gasteiger partial charge in [0.1, 0.15) is 11.9 Å². The first-order valence-corrected chi connectivity index (χ1v) is 4.92. The molecule has 0 aliphatic rings. The van der Waals surface area contributed by atoms with Crippen molar-refractivity contribution in [2.75, 3.05) is 12.3 Å². The predicted molar refractivity (Wildman–Crippen MR) is 57.8 cm³/mol. The predicted octanol–water partition coefficient (Wildman–Crippen LogP) is -1.97. The smallest absolute Gasteiger partial charge is 0.353 e. The van der Waals surface area contributed by atoms with E-state index in [9.17, 15) is 15.0 Å². The summed E-state index contributed by atoms with van der Waals surface area (Å²) in [5.74, 6) is 0.0210. The van der Waals surface area contributed by atoms with Gasteiger partial charge < -0.3 is 25.8 Å². The minimum absolute atomic E-state index is 0.0210. The summed E-state index contributed by atoms with van der Waals surface area (Å²) in [7, 11) is 0. The Hall–Kier alpha value is -1.48. The summed E-state index contributed by atoms with van der Waals surface area (Å²) >= 11 is 0. The lowest BCUT2D eigenvalue weighted by Gasteiger charge is -2.22. The molecule has 1 rings (SSSR count). The van der Waals surface area contributed by atoms with Crippen molar-refractivity contribution in [1.82, 2.24) is 9.55 Å². The summed E-state index contributed by atoms with van der Waals surface area (Å²) < 4.78 is 5.68. The van der Waals surface area contributed by atoms with Gasteiger partial charge in [-0.05, 0) is 13.0 Å². The van der Waals surface area contributed by atoms with Crippen molar-refractivity contribution in [3.05, 3.63) is 22.7 Å². The van der Waals surface area contributed by atoms with E-state index in [-0.39, 0.29) is 5.82 Å². The Bertz CT molecular complexity index is 419. The summed E-state index contributed by atoms with van der Waals surface area (Å²) in [6, 6.07) is 1.31. The van der Waals surface area contributed by atoms with Crippen LogP contribution in [0.5, 0.6) is 0 Å². The molecule has 0 saturated heterocycles. The van der Waals surface area contributed by atoms with Crippen molar-refractivity contribution in [2.24, 2.45) is 0 Å². The van der Waals surface area contributed by atoms with E-state index in [1.807, 2.05) is 0 Å². The largest absolute Gasteiger partial charge is 0.394 e. The van der Waals surface area contributed by atoms with E-state index >= 15 is 0 Å². The number of ether oxygens (including phenoxy) is 1. The van der Waals surface area contributed by atoms with Crippen LogP contribution in [0.2, 0.25) is 0 Å². The Kier molecular flexibility index (Phi) is 4.58. The summed E-state index contributed by atoms with van der Waals surface area (Å²) in [5, 5.41) is 27.7. The topological polar surface area (TPSA) is 131 Å². The molecule has 0 saturated carbocycles. The average molecular weight is 245 g/mol. The third-order valence-corrected chi connectivity index (χ3v) is 2.10. The zero-order valence-corrected chi connectivity index (χ0v) is 9.22. The Morgan fingerprint density at radius 3 is 2.71 bits per heavy atom. The number of nitrogens with zero attached hydrogens (tertiary/aromatic N) is 2. The zero-order valence-electron chi connectivity index (χ0n) is 9.22. The third-order valence-electron chi connectivity index (χ3n) is 2.10. The van der Waals surface area contributed by atoms with Gasteiger partial charge in [0.15, 0.2) is 0 Å². The Balaban J connectivity index is 2.82. The number of aliphatic hydroxyl groups is 3. The van der Waals surface area contributed by atoms with Crippen LogP contribution in [-0.2, 0) is 4.74 Å². The number of rotatable bonds is 5. The first-order valence-electron chi connectivity index (χ1n) is 4.92. The van der Waals surface area contributed by atoms with E-state index in [1.54, 1.807) is 0 Å². The number of aromatic nitrogens is 2. The van der Waals surface area contributed by atoms with Gasteiger partial charge in [-0.25, -0.2) is 9.36 Å². The van der Waals surface area contributed by atoms with Crippen LogP contribution in [0.1, 0.15) is 13.3 Å². The van der Waals surface area contributed by atoms with Gasteiger partial charge in [0.2, 0.25) is 6.41 Å². The van der Waals surface area contributed by atoms with Crippen molar-refractivity contribution in [3.63, 3.8) is 0 Å². The van der Waals surface area contributed by atoms with E-state index in [4.69, 9.17) is 15.6 Å². The van der Waals surface area contributed by atoms with Crippen LogP contribution >= 0.6 is 0 Å². The van der Waals surface area contributed by atoms with Crippen molar-refractivity contribution >= 4 is 5.82 Å². The molecule has 0 aliphatic heterocycles. The lowest BCUT2D eigenvalue weighted by atomic mass is 10.2. The molecule has 0 radical (unpaired) electrons. The molecule has 1 aromatic rings. The van der Waals surface area contributed by atoms with Crippen LogP contribution in [0.3, 0.4) is 0 Å². The molecular formula is C9H15N3O5. The molecule has 1 aromatic heterocycles. The van der Waals surface area contributed by atoms with Crippen molar-refractivity contribution in [2.45, 2.75) is 25.5 Å². The highest BCUT2D eigenvalue weighted by molar-refractivity contribution is 5.23. The van der Waals surface area contributed by atoms with Crippen molar-refractivity contribution in [1.29, 1.82) is 0 Å². The van der Waals surface area contributed by atoms with Crippen molar-refractivity contribution in [3.8, 4) is 0 Å². The van der Waals surface area contributed by atoms with E-state index in [2.05, 4.69) is 4.98 Å². The van der Waals surface area contributed by atoms with Gasteiger partial charge in [0, 0.05) is 6.20 Å². The van der Waals surface area contributed by atoms with Gasteiger partial charge in [-0.3, -0.25) is 0 Å². The second-order valence-corrected chi connectivity index (χ2v) is 3.47. The van der Waals surface area contributed by atoms with Crippen LogP contribution in [0.25, 0.3) is 0 Å². The zero-order chi connectivity index (χ0) is 13.0. The SMILES string of the molecule is C[C@@H](O)[C@@H](CO)OC(O)n1ccc(N)nc1=O. The molecule has 8 nitrogen and oxygen atoms in total. The molecule has 0 amide bonds. The third kappa shape index (κ3) is 3.49. The maximum Gasteiger partial charge on any atom is 0.353 e. The quantitative estimate of drug-likeness (QED) is 0.442. The number of nitrogen functional groups attached to an aromatic ring is 1. The first kappa shape index (κ1) is 13.6. The molecule has 1 heterocycles. The number of aliphatic hydroxyl groups excluding tert-OH is 3. The second kappa shape index (κ2) is 5.73. The molecule has 96 valence electrons. The highest BCUT2D eigenvalue weighted by atomic mass is 16.6. The van der Waals surface area contributed by atoms with Crippen LogP contribution in [0, 0.1) is 0 Å². The maximum absolute atomic E-state index is 11.3. The van der Waals surface area contributed by atoms with Gasteiger partial charge in [0.05, 0.1) is 12.7 Å². The molecule has 0 spiro atoms. The maximum atomic E-state index is 11.3. The molecule has 0 aliphatic carbocycles. The molecule has 0 bridgehead atoms. The minimum Gasteiger partial charge on any atom is -0.394 e. The average Bonchev–Trinajstić information content (AvgIpc) is 2.24. The van der Waals surface area contributed by atoms with Crippen molar-refractivity contribution < 1.29 is 20.1 Å². The van der Waals surface area contributed by atoms with Gasteiger partial charge in [-0.2, -0.15) is 4.98 Å². The van der Waals surface area contributed by atoms with Crippen LogP contribution in [0.4, 0.5) is 5.82 Å². The summed E-state index contributed by atoms with van der Waals surface area (Å²) in [4.78, 5) is 14.7. The van der Waals surface area contributed by atoms with E-state index in [0.717, 1.165) is 4.57 Å². The number of anilines is 1. The first-order chi connectivity index (χ1) is 7.95. The van der Waals surface area contributed by atoms with E-state index in [0.29, 0.717) is 0 Å². The standard InChI is InChI=1S/C9H15N3O5/c1-5(14)6(4-13)17-9(16)12-3-2-7(10)11-8(12)15/h2-3,5-6,9,13-14,16H,4H2,1H3,(H2,10,11,15)/t5-,6-,9?/m1/s1. The van der Waals surface area contributed by atoms with Gasteiger partial charge in [-0.1, -0.05) is 0 Å².